The lowest BCUT2D eigenvalue weighted by atomic mass is 9.83. The third-order valence-corrected chi connectivity index (χ3v) is 2.93. The van der Waals surface area contributed by atoms with E-state index in [1.54, 1.807) is 6.92 Å². The van der Waals surface area contributed by atoms with Gasteiger partial charge in [0.15, 0.2) is 0 Å². The van der Waals surface area contributed by atoms with Crippen LogP contribution < -0.4 is 5.73 Å². The Hall–Kier alpha value is -1.35. The Morgan fingerprint density at radius 1 is 1.12 bits per heavy atom. The minimum absolute atomic E-state index is 0.0676. The largest absolute Gasteiger partial charge is 0.481 e. The van der Waals surface area contributed by atoms with Crippen LogP contribution in [0.3, 0.4) is 0 Å². The van der Waals surface area contributed by atoms with Crippen molar-refractivity contribution in [2.75, 3.05) is 0 Å². The van der Waals surface area contributed by atoms with E-state index < -0.39 is 11.5 Å². The van der Waals surface area contributed by atoms with E-state index >= 15 is 0 Å². The summed E-state index contributed by atoms with van der Waals surface area (Å²) in [7, 11) is 0. The number of hydrogen-bond acceptors (Lipinski definition) is 2. The summed E-state index contributed by atoms with van der Waals surface area (Å²) in [6.45, 7) is 8.16. The van der Waals surface area contributed by atoms with Gasteiger partial charge in [-0.25, -0.2) is 0 Å². The van der Waals surface area contributed by atoms with Crippen LogP contribution in [0, 0.1) is 0 Å². The quantitative estimate of drug-likeness (QED) is 0.846. The second kappa shape index (κ2) is 4.49. The maximum absolute atomic E-state index is 10.7. The molecule has 0 spiro atoms. The van der Waals surface area contributed by atoms with Gasteiger partial charge in [0, 0.05) is 5.54 Å². The highest BCUT2D eigenvalue weighted by molar-refractivity contribution is 5.68. The predicted molar refractivity (Wildman–Crippen MR) is 68.9 cm³/mol. The number of carboxylic acids is 1. The molecule has 0 radical (unpaired) electrons. The standard InChI is InChI=1S/C14H21NO2/c1-13(2,3)10-5-7-11(8-6-10)14(4,15)9-12(16)17/h5-8H,9,15H2,1-4H3,(H,16,17). The molecule has 0 heterocycles. The third kappa shape index (κ3) is 3.56. The van der Waals surface area contributed by atoms with Gasteiger partial charge in [0.2, 0.25) is 0 Å². The number of benzene rings is 1. The van der Waals surface area contributed by atoms with Crippen LogP contribution in [0.1, 0.15) is 45.2 Å². The van der Waals surface area contributed by atoms with Crippen LogP contribution in [0.25, 0.3) is 0 Å². The topological polar surface area (TPSA) is 63.3 Å². The number of nitrogens with two attached hydrogens (primary N) is 1. The van der Waals surface area contributed by atoms with E-state index in [9.17, 15) is 4.79 Å². The van der Waals surface area contributed by atoms with Gasteiger partial charge in [-0.15, -0.1) is 0 Å². The number of aliphatic carboxylic acids is 1. The summed E-state index contributed by atoms with van der Waals surface area (Å²) in [5.41, 5.74) is 7.36. The van der Waals surface area contributed by atoms with Gasteiger partial charge in [-0.2, -0.15) is 0 Å². The van der Waals surface area contributed by atoms with Crippen LogP contribution in [0.2, 0.25) is 0 Å². The molecular weight excluding hydrogens is 214 g/mol. The minimum Gasteiger partial charge on any atom is -0.481 e. The molecule has 17 heavy (non-hydrogen) atoms. The van der Waals surface area contributed by atoms with Crippen molar-refractivity contribution in [1.29, 1.82) is 0 Å². The molecule has 1 rings (SSSR count). The molecule has 1 aromatic carbocycles. The Labute approximate surface area is 103 Å². The average Bonchev–Trinajstić information content (AvgIpc) is 2.14. The molecule has 1 atom stereocenters. The second-order valence-electron chi connectivity index (χ2n) is 5.82. The van der Waals surface area contributed by atoms with Gasteiger partial charge in [-0.05, 0) is 23.5 Å². The van der Waals surface area contributed by atoms with Crippen molar-refractivity contribution in [2.24, 2.45) is 5.73 Å². The summed E-state index contributed by atoms with van der Waals surface area (Å²) < 4.78 is 0. The van der Waals surface area contributed by atoms with Crippen LogP contribution in [0.5, 0.6) is 0 Å². The van der Waals surface area contributed by atoms with E-state index in [-0.39, 0.29) is 11.8 Å². The molecule has 0 aromatic heterocycles. The monoisotopic (exact) mass is 235 g/mol. The SMILES string of the molecule is CC(C)(C)c1ccc(C(C)(N)CC(=O)O)cc1. The molecule has 3 heteroatoms. The van der Waals surface area contributed by atoms with E-state index in [1.807, 2.05) is 24.3 Å². The molecule has 3 N–H and O–H groups in total. The molecule has 0 fully saturated rings. The van der Waals surface area contributed by atoms with Crippen molar-refractivity contribution in [2.45, 2.75) is 45.1 Å². The lowest BCUT2D eigenvalue weighted by Crippen LogP contribution is -2.35. The van der Waals surface area contributed by atoms with E-state index in [4.69, 9.17) is 10.8 Å². The van der Waals surface area contributed by atoms with Crippen LogP contribution in [-0.4, -0.2) is 11.1 Å². The lowest BCUT2D eigenvalue weighted by molar-refractivity contribution is -0.138. The van der Waals surface area contributed by atoms with Crippen molar-refractivity contribution in [3.05, 3.63) is 35.4 Å². The van der Waals surface area contributed by atoms with Crippen LogP contribution >= 0.6 is 0 Å². The Morgan fingerprint density at radius 3 is 1.88 bits per heavy atom. The molecule has 1 unspecified atom stereocenters. The molecule has 1 aromatic rings. The Balaban J connectivity index is 2.98. The first kappa shape index (κ1) is 13.7. The summed E-state index contributed by atoms with van der Waals surface area (Å²) in [6.07, 6.45) is -0.0676. The maximum Gasteiger partial charge on any atom is 0.305 e. The van der Waals surface area contributed by atoms with Gasteiger partial charge in [-0.1, -0.05) is 45.0 Å². The number of carbonyl (C=O) groups is 1. The van der Waals surface area contributed by atoms with Crippen molar-refractivity contribution in [1.82, 2.24) is 0 Å². The molecule has 94 valence electrons. The molecule has 3 nitrogen and oxygen atoms in total. The zero-order valence-corrected chi connectivity index (χ0v) is 10.9. The van der Waals surface area contributed by atoms with Crippen LogP contribution in [0.15, 0.2) is 24.3 Å². The summed E-state index contributed by atoms with van der Waals surface area (Å²) in [5.74, 6) is -0.880. The van der Waals surface area contributed by atoms with Crippen LogP contribution in [-0.2, 0) is 15.7 Å². The smallest absolute Gasteiger partial charge is 0.305 e. The highest BCUT2D eigenvalue weighted by Gasteiger charge is 2.25. The van der Waals surface area contributed by atoms with Gasteiger partial charge in [-0.3, -0.25) is 4.79 Å². The fourth-order valence-electron chi connectivity index (χ4n) is 1.77. The van der Waals surface area contributed by atoms with Gasteiger partial charge in [0.1, 0.15) is 0 Å². The molecule has 0 aliphatic carbocycles. The summed E-state index contributed by atoms with van der Waals surface area (Å²) in [4.78, 5) is 10.7. The maximum atomic E-state index is 10.7. The van der Waals surface area contributed by atoms with E-state index in [0.717, 1.165) is 5.56 Å². The molecule has 0 saturated carbocycles. The second-order valence-corrected chi connectivity index (χ2v) is 5.82. The third-order valence-electron chi connectivity index (χ3n) is 2.93. The van der Waals surface area contributed by atoms with Crippen molar-refractivity contribution in [3.63, 3.8) is 0 Å². The lowest BCUT2D eigenvalue weighted by Gasteiger charge is -2.25. The van der Waals surface area contributed by atoms with Gasteiger partial charge in [0.05, 0.1) is 6.42 Å². The van der Waals surface area contributed by atoms with Gasteiger partial charge >= 0.3 is 5.97 Å². The Morgan fingerprint density at radius 2 is 1.53 bits per heavy atom. The number of rotatable bonds is 3. The van der Waals surface area contributed by atoms with Crippen molar-refractivity contribution >= 4 is 5.97 Å². The molecular formula is C14H21NO2. The van der Waals surface area contributed by atoms with E-state index in [0.29, 0.717) is 0 Å². The van der Waals surface area contributed by atoms with E-state index in [1.165, 1.54) is 5.56 Å². The number of hydrogen-bond donors (Lipinski definition) is 2. The first-order valence-corrected chi connectivity index (χ1v) is 5.74. The van der Waals surface area contributed by atoms with Crippen molar-refractivity contribution < 1.29 is 9.90 Å². The van der Waals surface area contributed by atoms with Crippen molar-refractivity contribution in [3.8, 4) is 0 Å². The first-order chi connectivity index (χ1) is 7.63. The normalized spacial score (nSPS) is 15.4. The molecule has 0 saturated heterocycles. The molecule has 0 aliphatic heterocycles. The average molecular weight is 235 g/mol. The van der Waals surface area contributed by atoms with Gasteiger partial charge < -0.3 is 10.8 Å². The Kier molecular flexibility index (Phi) is 3.62. The van der Waals surface area contributed by atoms with Gasteiger partial charge in [0.25, 0.3) is 0 Å². The fourth-order valence-corrected chi connectivity index (χ4v) is 1.77. The highest BCUT2D eigenvalue weighted by Crippen LogP contribution is 2.26. The summed E-state index contributed by atoms with van der Waals surface area (Å²) in [5, 5.41) is 8.81. The zero-order chi connectivity index (χ0) is 13.3. The van der Waals surface area contributed by atoms with Crippen LogP contribution in [0.4, 0.5) is 0 Å². The molecule has 0 bridgehead atoms. The molecule has 0 amide bonds. The zero-order valence-electron chi connectivity index (χ0n) is 10.9. The summed E-state index contributed by atoms with van der Waals surface area (Å²) >= 11 is 0. The number of carboxylic acid groups (broad SMARTS) is 1. The highest BCUT2D eigenvalue weighted by atomic mass is 16.4. The molecule has 0 aliphatic rings. The Bertz CT molecular complexity index is 399. The summed E-state index contributed by atoms with van der Waals surface area (Å²) in [6, 6.07) is 7.87. The minimum atomic E-state index is -0.880. The van der Waals surface area contributed by atoms with E-state index in [2.05, 4.69) is 20.8 Å². The fraction of sp³-hybridized carbons (Fsp3) is 0.500. The first-order valence-electron chi connectivity index (χ1n) is 5.74. The predicted octanol–water partition coefficient (Wildman–Crippen LogP) is 2.63.